The van der Waals surface area contributed by atoms with Crippen LogP contribution < -0.4 is 10.1 Å². The van der Waals surface area contributed by atoms with E-state index in [0.29, 0.717) is 32.4 Å². The summed E-state index contributed by atoms with van der Waals surface area (Å²) in [6, 6.07) is 17.5. The molecule has 2 aromatic carbocycles. The quantitative estimate of drug-likeness (QED) is 0.509. The van der Waals surface area contributed by atoms with Gasteiger partial charge in [-0.25, -0.2) is 0 Å². The zero-order valence-corrected chi connectivity index (χ0v) is 19.3. The molecule has 0 bridgehead atoms. The summed E-state index contributed by atoms with van der Waals surface area (Å²) in [5.74, 6) is 0.683. The molecular weight excluding hydrogens is 388 g/mol. The molecule has 2 amide bonds. The van der Waals surface area contributed by atoms with Crippen LogP contribution in [0.25, 0.3) is 0 Å². The van der Waals surface area contributed by atoms with Gasteiger partial charge in [-0.2, -0.15) is 0 Å². The van der Waals surface area contributed by atoms with Gasteiger partial charge in [-0.05, 0) is 57.7 Å². The molecule has 0 radical (unpaired) electrons. The number of ether oxygens (including phenoxy) is 1. The SMILES string of the molecule is CCC(C)NC(=O)C(C)N(CCc1ccccc1)C(=O)CCCOc1ccc(C)cc1. The molecule has 0 saturated carbocycles. The number of carbonyl (C=O) groups is 2. The van der Waals surface area contributed by atoms with Crippen LogP contribution in [0.3, 0.4) is 0 Å². The Morgan fingerprint density at radius 1 is 1.03 bits per heavy atom. The van der Waals surface area contributed by atoms with Crippen LogP contribution in [0.1, 0.15) is 51.2 Å². The summed E-state index contributed by atoms with van der Waals surface area (Å²) in [6.45, 7) is 8.82. The molecule has 31 heavy (non-hydrogen) atoms. The number of rotatable bonds is 12. The standard InChI is InChI=1S/C26H36N2O3/c1-5-21(3)27-26(30)22(4)28(18-17-23-10-7-6-8-11-23)25(29)12-9-19-31-24-15-13-20(2)14-16-24/h6-8,10-11,13-16,21-22H,5,9,12,17-19H2,1-4H3,(H,27,30). The number of benzene rings is 2. The Morgan fingerprint density at radius 3 is 2.35 bits per heavy atom. The zero-order chi connectivity index (χ0) is 22.6. The van der Waals surface area contributed by atoms with Crippen molar-refractivity contribution in [1.82, 2.24) is 10.2 Å². The lowest BCUT2D eigenvalue weighted by Gasteiger charge is -2.29. The first kappa shape index (κ1) is 24.4. The van der Waals surface area contributed by atoms with Gasteiger partial charge in [0.05, 0.1) is 6.61 Å². The van der Waals surface area contributed by atoms with Gasteiger partial charge in [0, 0.05) is 19.0 Å². The predicted octanol–water partition coefficient (Wildman–Crippen LogP) is 4.53. The van der Waals surface area contributed by atoms with Crippen LogP contribution in [-0.4, -0.2) is 41.9 Å². The molecule has 2 atom stereocenters. The van der Waals surface area contributed by atoms with Crippen LogP contribution in [0.15, 0.2) is 54.6 Å². The molecule has 0 fully saturated rings. The first-order valence-electron chi connectivity index (χ1n) is 11.2. The van der Waals surface area contributed by atoms with E-state index in [9.17, 15) is 9.59 Å². The van der Waals surface area contributed by atoms with E-state index < -0.39 is 6.04 Å². The fraction of sp³-hybridized carbons (Fsp3) is 0.462. The fourth-order valence-corrected chi connectivity index (χ4v) is 3.23. The number of aryl methyl sites for hydroxylation is 1. The highest BCUT2D eigenvalue weighted by atomic mass is 16.5. The molecule has 5 nitrogen and oxygen atoms in total. The van der Waals surface area contributed by atoms with Gasteiger partial charge in [-0.1, -0.05) is 55.0 Å². The molecule has 0 spiro atoms. The minimum Gasteiger partial charge on any atom is -0.494 e. The third-order valence-electron chi connectivity index (χ3n) is 5.48. The number of nitrogens with one attached hydrogen (secondary N) is 1. The third kappa shape index (κ3) is 8.44. The lowest BCUT2D eigenvalue weighted by atomic mass is 10.1. The summed E-state index contributed by atoms with van der Waals surface area (Å²) in [4.78, 5) is 27.4. The highest BCUT2D eigenvalue weighted by Crippen LogP contribution is 2.13. The van der Waals surface area contributed by atoms with Gasteiger partial charge < -0.3 is 15.0 Å². The summed E-state index contributed by atoms with van der Waals surface area (Å²) >= 11 is 0. The highest BCUT2D eigenvalue weighted by molar-refractivity contribution is 5.87. The van der Waals surface area contributed by atoms with E-state index in [0.717, 1.165) is 17.7 Å². The normalized spacial score (nSPS) is 12.6. The van der Waals surface area contributed by atoms with E-state index in [2.05, 4.69) is 5.32 Å². The zero-order valence-electron chi connectivity index (χ0n) is 19.3. The highest BCUT2D eigenvalue weighted by Gasteiger charge is 2.26. The Balaban J connectivity index is 1.93. The topological polar surface area (TPSA) is 58.6 Å². The molecule has 0 aliphatic rings. The average molecular weight is 425 g/mol. The Labute approximate surface area is 186 Å². The lowest BCUT2D eigenvalue weighted by molar-refractivity contribution is -0.140. The van der Waals surface area contributed by atoms with E-state index in [1.165, 1.54) is 5.56 Å². The first-order valence-corrected chi connectivity index (χ1v) is 11.2. The molecule has 2 aromatic rings. The summed E-state index contributed by atoms with van der Waals surface area (Å²) in [5, 5.41) is 3.00. The minimum absolute atomic E-state index is 0.0183. The maximum atomic E-state index is 13.0. The molecule has 2 rings (SSSR count). The van der Waals surface area contributed by atoms with Crippen LogP contribution in [0.5, 0.6) is 5.75 Å². The van der Waals surface area contributed by atoms with Crippen LogP contribution in [-0.2, 0) is 16.0 Å². The van der Waals surface area contributed by atoms with Gasteiger partial charge in [0.25, 0.3) is 0 Å². The number of carbonyl (C=O) groups excluding carboxylic acids is 2. The van der Waals surface area contributed by atoms with Crippen LogP contribution >= 0.6 is 0 Å². The Bertz CT molecular complexity index is 805. The van der Waals surface area contributed by atoms with Crippen molar-refractivity contribution in [2.24, 2.45) is 0 Å². The van der Waals surface area contributed by atoms with Crippen molar-refractivity contribution in [2.45, 2.75) is 65.5 Å². The second kappa shape index (κ2) is 12.8. The average Bonchev–Trinajstić information content (AvgIpc) is 2.78. The third-order valence-corrected chi connectivity index (χ3v) is 5.48. The van der Waals surface area contributed by atoms with Gasteiger partial charge >= 0.3 is 0 Å². The first-order chi connectivity index (χ1) is 14.9. The van der Waals surface area contributed by atoms with Crippen LogP contribution in [0, 0.1) is 6.92 Å². The van der Waals surface area contributed by atoms with Crippen molar-refractivity contribution in [1.29, 1.82) is 0 Å². The molecule has 5 heteroatoms. The molecule has 168 valence electrons. The number of hydrogen-bond donors (Lipinski definition) is 1. The summed E-state index contributed by atoms with van der Waals surface area (Å²) in [7, 11) is 0. The Morgan fingerprint density at radius 2 is 1.71 bits per heavy atom. The van der Waals surface area contributed by atoms with Gasteiger partial charge in [-0.3, -0.25) is 9.59 Å². The van der Waals surface area contributed by atoms with Crippen LogP contribution in [0.2, 0.25) is 0 Å². The van der Waals surface area contributed by atoms with E-state index in [-0.39, 0.29) is 17.9 Å². The molecule has 0 aliphatic carbocycles. The van der Waals surface area contributed by atoms with E-state index in [1.54, 1.807) is 4.90 Å². The van der Waals surface area contributed by atoms with Crippen molar-refractivity contribution in [3.8, 4) is 5.75 Å². The largest absolute Gasteiger partial charge is 0.494 e. The van der Waals surface area contributed by atoms with Crippen molar-refractivity contribution >= 4 is 11.8 Å². The molecule has 1 N–H and O–H groups in total. The lowest BCUT2D eigenvalue weighted by Crippen LogP contribution is -2.50. The maximum absolute atomic E-state index is 13.0. The van der Waals surface area contributed by atoms with E-state index in [1.807, 2.05) is 82.3 Å². The summed E-state index contributed by atoms with van der Waals surface area (Å²) in [6.07, 6.45) is 2.52. The van der Waals surface area contributed by atoms with Crippen molar-refractivity contribution < 1.29 is 14.3 Å². The van der Waals surface area contributed by atoms with Crippen molar-refractivity contribution in [2.75, 3.05) is 13.2 Å². The van der Waals surface area contributed by atoms with E-state index >= 15 is 0 Å². The van der Waals surface area contributed by atoms with Gasteiger partial charge in [0.2, 0.25) is 11.8 Å². The molecule has 0 saturated heterocycles. The number of nitrogens with zero attached hydrogens (tertiary/aromatic N) is 1. The van der Waals surface area contributed by atoms with Crippen LogP contribution in [0.4, 0.5) is 0 Å². The Kier molecular flexibility index (Phi) is 10.1. The molecule has 0 aromatic heterocycles. The second-order valence-corrected chi connectivity index (χ2v) is 8.08. The monoisotopic (exact) mass is 424 g/mol. The van der Waals surface area contributed by atoms with Gasteiger partial charge in [0.15, 0.2) is 0 Å². The summed E-state index contributed by atoms with van der Waals surface area (Å²) in [5.41, 5.74) is 2.33. The fourth-order valence-electron chi connectivity index (χ4n) is 3.23. The van der Waals surface area contributed by atoms with Gasteiger partial charge in [0.1, 0.15) is 11.8 Å². The maximum Gasteiger partial charge on any atom is 0.242 e. The molecular formula is C26H36N2O3. The number of hydrogen-bond acceptors (Lipinski definition) is 3. The van der Waals surface area contributed by atoms with Gasteiger partial charge in [-0.15, -0.1) is 0 Å². The second-order valence-electron chi connectivity index (χ2n) is 8.08. The van der Waals surface area contributed by atoms with Crippen molar-refractivity contribution in [3.05, 3.63) is 65.7 Å². The number of amides is 2. The molecule has 0 heterocycles. The minimum atomic E-state index is -0.511. The predicted molar refractivity (Wildman–Crippen MR) is 125 cm³/mol. The Hall–Kier alpha value is -2.82. The molecule has 2 unspecified atom stereocenters. The van der Waals surface area contributed by atoms with E-state index in [4.69, 9.17) is 4.74 Å². The molecule has 0 aliphatic heterocycles. The van der Waals surface area contributed by atoms with Crippen molar-refractivity contribution in [3.63, 3.8) is 0 Å². The smallest absolute Gasteiger partial charge is 0.242 e. The summed E-state index contributed by atoms with van der Waals surface area (Å²) < 4.78 is 5.75.